The lowest BCUT2D eigenvalue weighted by atomic mass is 9.91. The fourth-order valence-electron chi connectivity index (χ4n) is 3.33. The number of hydrogen-bond donors (Lipinski definition) is 1. The summed E-state index contributed by atoms with van der Waals surface area (Å²) in [5.74, 6) is 0.287. The number of carbonyl (C=O) groups excluding carboxylic acids is 1. The van der Waals surface area contributed by atoms with E-state index in [2.05, 4.69) is 5.32 Å². The molecule has 1 saturated heterocycles. The Kier molecular flexibility index (Phi) is 3.59. The maximum atomic E-state index is 13.4. The van der Waals surface area contributed by atoms with Crippen molar-refractivity contribution in [2.75, 3.05) is 11.9 Å². The molecule has 1 aromatic carbocycles. The first-order chi connectivity index (χ1) is 9.54. The molecule has 2 amide bonds. The molecule has 2 aliphatic rings. The van der Waals surface area contributed by atoms with Crippen LogP contribution in [0.4, 0.5) is 14.9 Å². The number of carbonyl (C=O) groups is 1. The van der Waals surface area contributed by atoms with E-state index < -0.39 is 0 Å². The van der Waals surface area contributed by atoms with Crippen LogP contribution in [-0.2, 0) is 0 Å². The lowest BCUT2D eigenvalue weighted by Crippen LogP contribution is -2.38. The highest BCUT2D eigenvalue weighted by atomic mass is 35.5. The number of halogens is 2. The number of likely N-dealkylation sites (tertiary alicyclic amines) is 1. The van der Waals surface area contributed by atoms with Gasteiger partial charge in [-0.15, -0.1) is 0 Å². The summed E-state index contributed by atoms with van der Waals surface area (Å²) >= 11 is 5.99. The van der Waals surface area contributed by atoms with Crippen molar-refractivity contribution >= 4 is 23.3 Å². The molecule has 1 N–H and O–H groups in total. The number of amides is 2. The lowest BCUT2D eigenvalue weighted by Gasteiger charge is -2.25. The van der Waals surface area contributed by atoms with Crippen LogP contribution < -0.4 is 5.32 Å². The molecule has 0 unspecified atom stereocenters. The van der Waals surface area contributed by atoms with Crippen molar-refractivity contribution in [1.82, 2.24) is 4.90 Å². The minimum absolute atomic E-state index is 0.118. The zero-order chi connectivity index (χ0) is 14.3. The van der Waals surface area contributed by atoms with Gasteiger partial charge < -0.3 is 10.2 Å². The molecule has 1 aliphatic carbocycles. The molecular formula is C15H18ClFN2O. The summed E-state index contributed by atoms with van der Waals surface area (Å²) in [6.45, 7) is 2.48. The van der Waals surface area contributed by atoms with Crippen LogP contribution >= 0.6 is 11.6 Å². The first kappa shape index (κ1) is 13.7. The van der Waals surface area contributed by atoms with Crippen LogP contribution in [-0.4, -0.2) is 23.5 Å². The van der Waals surface area contributed by atoms with Gasteiger partial charge in [0.15, 0.2) is 0 Å². The third-order valence-corrected chi connectivity index (χ3v) is 4.71. The van der Waals surface area contributed by atoms with Crippen LogP contribution in [0.5, 0.6) is 0 Å². The molecule has 20 heavy (non-hydrogen) atoms. The van der Waals surface area contributed by atoms with E-state index in [1.165, 1.54) is 18.9 Å². The lowest BCUT2D eigenvalue weighted by molar-refractivity contribution is 0.204. The van der Waals surface area contributed by atoms with Crippen molar-refractivity contribution in [2.45, 2.75) is 38.6 Å². The summed E-state index contributed by atoms with van der Waals surface area (Å²) in [4.78, 5) is 14.3. The molecule has 1 heterocycles. The molecule has 1 saturated carbocycles. The van der Waals surface area contributed by atoms with Crippen LogP contribution in [0.1, 0.15) is 31.2 Å². The topological polar surface area (TPSA) is 32.3 Å². The van der Waals surface area contributed by atoms with Gasteiger partial charge in [-0.1, -0.05) is 18.0 Å². The second kappa shape index (κ2) is 5.24. The number of anilines is 1. The smallest absolute Gasteiger partial charge is 0.321 e. The highest BCUT2D eigenvalue weighted by molar-refractivity contribution is 6.33. The van der Waals surface area contributed by atoms with Gasteiger partial charge >= 0.3 is 6.03 Å². The Morgan fingerprint density at radius 2 is 2.25 bits per heavy atom. The van der Waals surface area contributed by atoms with Crippen molar-refractivity contribution in [3.05, 3.63) is 28.5 Å². The molecule has 0 aromatic heterocycles. The molecule has 1 aromatic rings. The van der Waals surface area contributed by atoms with Crippen LogP contribution in [0.3, 0.4) is 0 Å². The maximum Gasteiger partial charge on any atom is 0.322 e. The third kappa shape index (κ3) is 2.49. The second-order valence-corrected chi connectivity index (χ2v) is 6.26. The average Bonchev–Trinajstić information content (AvgIpc) is 2.70. The first-order valence-corrected chi connectivity index (χ1v) is 7.45. The Balaban J connectivity index is 1.75. The van der Waals surface area contributed by atoms with Crippen LogP contribution in [0.25, 0.3) is 0 Å². The van der Waals surface area contributed by atoms with Gasteiger partial charge in [0.1, 0.15) is 5.82 Å². The van der Waals surface area contributed by atoms with Crippen molar-refractivity contribution in [3.63, 3.8) is 0 Å². The molecule has 0 spiro atoms. The summed E-state index contributed by atoms with van der Waals surface area (Å²) in [7, 11) is 0. The van der Waals surface area contributed by atoms with E-state index in [0.29, 0.717) is 23.2 Å². The van der Waals surface area contributed by atoms with Crippen molar-refractivity contribution in [3.8, 4) is 0 Å². The molecule has 3 rings (SSSR count). The van der Waals surface area contributed by atoms with Gasteiger partial charge in [-0.2, -0.15) is 0 Å². The van der Waals surface area contributed by atoms with Crippen molar-refractivity contribution in [2.24, 2.45) is 5.92 Å². The number of fused-ring (bicyclic) bond motifs is 2. The summed E-state index contributed by atoms with van der Waals surface area (Å²) in [5, 5.41) is 3.06. The Bertz CT molecular complexity index is 549. The minimum Gasteiger partial charge on any atom is -0.321 e. The van der Waals surface area contributed by atoms with Gasteiger partial charge in [0.2, 0.25) is 0 Å². The molecule has 2 atom stereocenters. The average molecular weight is 297 g/mol. The molecule has 2 bridgehead atoms. The molecule has 108 valence electrons. The minimum atomic E-state index is -0.356. The summed E-state index contributed by atoms with van der Waals surface area (Å²) < 4.78 is 13.4. The quantitative estimate of drug-likeness (QED) is 0.828. The monoisotopic (exact) mass is 296 g/mol. The zero-order valence-electron chi connectivity index (χ0n) is 11.5. The van der Waals surface area contributed by atoms with Crippen LogP contribution in [0.2, 0.25) is 5.02 Å². The predicted molar refractivity (Wildman–Crippen MR) is 77.6 cm³/mol. The maximum absolute atomic E-state index is 13.4. The van der Waals surface area contributed by atoms with E-state index in [4.69, 9.17) is 11.6 Å². The Morgan fingerprint density at radius 1 is 1.45 bits per heavy atom. The molecule has 0 radical (unpaired) electrons. The third-order valence-electron chi connectivity index (χ3n) is 4.40. The number of rotatable bonds is 1. The van der Waals surface area contributed by atoms with Crippen molar-refractivity contribution in [1.29, 1.82) is 0 Å². The van der Waals surface area contributed by atoms with Crippen LogP contribution in [0.15, 0.2) is 12.1 Å². The number of urea groups is 1. The highest BCUT2D eigenvalue weighted by Gasteiger charge is 2.37. The number of aryl methyl sites for hydroxylation is 1. The zero-order valence-corrected chi connectivity index (χ0v) is 12.2. The van der Waals surface area contributed by atoms with E-state index in [9.17, 15) is 9.18 Å². The second-order valence-electron chi connectivity index (χ2n) is 5.85. The normalized spacial score (nSPS) is 24.9. The largest absolute Gasteiger partial charge is 0.322 e. The van der Waals surface area contributed by atoms with Gasteiger partial charge in [0, 0.05) is 12.6 Å². The van der Waals surface area contributed by atoms with E-state index in [-0.39, 0.29) is 16.9 Å². The van der Waals surface area contributed by atoms with E-state index in [1.54, 1.807) is 13.0 Å². The van der Waals surface area contributed by atoms with E-state index in [0.717, 1.165) is 19.4 Å². The standard InChI is InChI=1S/C15H18ClFN2O/c1-9-5-14(12(16)7-13(9)17)18-15(20)19-8-10-3-2-4-11(19)6-10/h5,7,10-11H,2-4,6,8H2,1H3,(H,18,20)/t10-,11+/m1/s1. The molecule has 3 nitrogen and oxygen atoms in total. The van der Waals surface area contributed by atoms with Gasteiger partial charge in [0.05, 0.1) is 10.7 Å². The summed E-state index contributed by atoms with van der Waals surface area (Å²) in [6, 6.07) is 3.06. The van der Waals surface area contributed by atoms with Gasteiger partial charge in [0.25, 0.3) is 0 Å². The number of benzene rings is 1. The van der Waals surface area contributed by atoms with Gasteiger partial charge in [-0.3, -0.25) is 0 Å². The summed E-state index contributed by atoms with van der Waals surface area (Å²) in [6.07, 6.45) is 4.62. The number of nitrogens with zero attached hydrogens (tertiary/aromatic N) is 1. The van der Waals surface area contributed by atoms with Crippen LogP contribution in [0, 0.1) is 18.7 Å². The Morgan fingerprint density at radius 3 is 3.00 bits per heavy atom. The SMILES string of the molecule is Cc1cc(NC(=O)N2C[C@@H]3CCC[C@H]2C3)c(Cl)cc1F. The van der Waals surface area contributed by atoms with Gasteiger partial charge in [-0.25, -0.2) is 9.18 Å². The predicted octanol–water partition coefficient (Wildman–Crippen LogP) is 4.19. The highest BCUT2D eigenvalue weighted by Crippen LogP contribution is 2.36. The number of nitrogens with one attached hydrogen (secondary N) is 1. The van der Waals surface area contributed by atoms with Gasteiger partial charge in [-0.05, 0) is 49.8 Å². The Labute approximate surface area is 123 Å². The fraction of sp³-hybridized carbons (Fsp3) is 0.533. The fourth-order valence-corrected chi connectivity index (χ4v) is 3.53. The molecular weight excluding hydrogens is 279 g/mol. The summed E-state index contributed by atoms with van der Waals surface area (Å²) in [5.41, 5.74) is 0.960. The molecule has 2 fully saturated rings. The van der Waals surface area contributed by atoms with E-state index >= 15 is 0 Å². The number of hydrogen-bond acceptors (Lipinski definition) is 1. The van der Waals surface area contributed by atoms with E-state index in [1.807, 2.05) is 4.90 Å². The molecule has 5 heteroatoms. The molecule has 1 aliphatic heterocycles. The van der Waals surface area contributed by atoms with Crippen molar-refractivity contribution < 1.29 is 9.18 Å². The Hall–Kier alpha value is -1.29. The first-order valence-electron chi connectivity index (χ1n) is 7.08.